The fourth-order valence-corrected chi connectivity index (χ4v) is 3.32. The van der Waals surface area contributed by atoms with Gasteiger partial charge in [-0.1, -0.05) is 29.9 Å². The van der Waals surface area contributed by atoms with Gasteiger partial charge in [-0.05, 0) is 44.4 Å². The maximum absolute atomic E-state index is 5.76. The van der Waals surface area contributed by atoms with E-state index in [1.54, 1.807) is 0 Å². The zero-order chi connectivity index (χ0) is 15.6. The van der Waals surface area contributed by atoms with E-state index >= 15 is 0 Å². The van der Waals surface area contributed by atoms with Crippen LogP contribution in [-0.2, 0) is 6.54 Å². The molecule has 0 saturated carbocycles. The lowest BCUT2D eigenvalue weighted by atomic mass is 9.99. The van der Waals surface area contributed by atoms with Gasteiger partial charge in [-0.3, -0.25) is 9.80 Å². The van der Waals surface area contributed by atoms with E-state index in [2.05, 4.69) is 49.6 Å². The molecular weight excluding hydrogens is 278 g/mol. The molecule has 21 heavy (non-hydrogen) atoms. The molecule has 3 nitrogen and oxygen atoms in total. The van der Waals surface area contributed by atoms with Gasteiger partial charge in [-0.15, -0.1) is 0 Å². The third-order valence-corrected chi connectivity index (χ3v) is 4.93. The molecule has 1 unspecified atom stereocenters. The number of hydrogen-bond donors (Lipinski definition) is 1. The van der Waals surface area contributed by atoms with Crippen molar-refractivity contribution in [3.8, 4) is 0 Å². The van der Waals surface area contributed by atoms with Gasteiger partial charge in [0.1, 0.15) is 0 Å². The van der Waals surface area contributed by atoms with Crippen molar-refractivity contribution in [2.45, 2.75) is 40.3 Å². The van der Waals surface area contributed by atoms with Gasteiger partial charge in [-0.25, -0.2) is 0 Å². The van der Waals surface area contributed by atoms with Gasteiger partial charge in [0.2, 0.25) is 0 Å². The van der Waals surface area contributed by atoms with Gasteiger partial charge in [0.25, 0.3) is 0 Å². The number of rotatable bonds is 4. The van der Waals surface area contributed by atoms with Crippen LogP contribution in [0.3, 0.4) is 0 Å². The average molecular weight is 305 g/mol. The third kappa shape index (κ3) is 4.02. The first kappa shape index (κ1) is 16.4. The predicted molar refractivity (Wildman–Crippen MR) is 93.8 cm³/mol. The Morgan fingerprint density at radius 1 is 1.14 bits per heavy atom. The molecular formula is C17H27N3S. The molecule has 0 aliphatic carbocycles. The average Bonchev–Trinajstić information content (AvgIpc) is 2.42. The summed E-state index contributed by atoms with van der Waals surface area (Å²) in [4.78, 5) is 5.52. The second kappa shape index (κ2) is 6.86. The van der Waals surface area contributed by atoms with Crippen molar-refractivity contribution < 1.29 is 0 Å². The van der Waals surface area contributed by atoms with Crippen LogP contribution in [0.4, 0.5) is 0 Å². The Kier molecular flexibility index (Phi) is 5.36. The summed E-state index contributed by atoms with van der Waals surface area (Å²) in [7, 11) is 0. The number of thiocarbonyl (C=S) groups is 1. The summed E-state index contributed by atoms with van der Waals surface area (Å²) >= 11 is 5.10. The number of benzene rings is 1. The van der Waals surface area contributed by atoms with Crippen molar-refractivity contribution in [3.05, 3.63) is 34.4 Å². The summed E-state index contributed by atoms with van der Waals surface area (Å²) < 4.78 is 0. The van der Waals surface area contributed by atoms with E-state index in [-0.39, 0.29) is 6.04 Å². The molecule has 0 aromatic heterocycles. The first-order valence-electron chi connectivity index (χ1n) is 7.71. The predicted octanol–water partition coefficient (Wildman–Crippen LogP) is 2.40. The second-order valence-electron chi connectivity index (χ2n) is 6.27. The molecule has 0 amide bonds. The monoisotopic (exact) mass is 305 g/mol. The normalized spacial score (nSPS) is 18.7. The van der Waals surface area contributed by atoms with Gasteiger partial charge in [0.15, 0.2) is 0 Å². The Morgan fingerprint density at radius 2 is 1.67 bits per heavy atom. The molecule has 116 valence electrons. The molecule has 1 aromatic carbocycles. The van der Waals surface area contributed by atoms with Crippen LogP contribution in [0.5, 0.6) is 0 Å². The Balaban J connectivity index is 1.97. The molecule has 1 heterocycles. The van der Waals surface area contributed by atoms with Gasteiger partial charge in [-0.2, -0.15) is 0 Å². The minimum absolute atomic E-state index is 0.213. The molecule has 2 rings (SSSR count). The topological polar surface area (TPSA) is 32.5 Å². The van der Waals surface area contributed by atoms with Gasteiger partial charge in [0, 0.05) is 32.7 Å². The van der Waals surface area contributed by atoms with Crippen LogP contribution in [0, 0.1) is 20.8 Å². The summed E-state index contributed by atoms with van der Waals surface area (Å²) in [6.07, 6.45) is 0. The number of nitrogens with zero attached hydrogens (tertiary/aromatic N) is 2. The summed E-state index contributed by atoms with van der Waals surface area (Å²) in [6, 6.07) is 4.78. The van der Waals surface area contributed by atoms with Gasteiger partial charge >= 0.3 is 0 Å². The smallest absolute Gasteiger partial charge is 0.0899 e. The van der Waals surface area contributed by atoms with Crippen LogP contribution in [0.2, 0.25) is 0 Å². The highest BCUT2D eigenvalue weighted by molar-refractivity contribution is 7.80. The summed E-state index contributed by atoms with van der Waals surface area (Å²) in [5.41, 5.74) is 11.4. The molecule has 1 aromatic rings. The van der Waals surface area contributed by atoms with Crippen LogP contribution < -0.4 is 5.73 Å². The summed E-state index contributed by atoms with van der Waals surface area (Å²) in [5.74, 6) is 0. The molecule has 2 N–H and O–H groups in total. The number of nitrogens with two attached hydrogens (primary N) is 1. The van der Waals surface area contributed by atoms with Crippen LogP contribution in [0.1, 0.15) is 29.2 Å². The van der Waals surface area contributed by atoms with Crippen LogP contribution in [0.15, 0.2) is 12.1 Å². The Morgan fingerprint density at radius 3 is 2.14 bits per heavy atom. The highest BCUT2D eigenvalue weighted by Crippen LogP contribution is 2.19. The Hall–Kier alpha value is -0.970. The number of aryl methyl sites for hydroxylation is 3. The summed E-state index contributed by atoms with van der Waals surface area (Å²) in [6.45, 7) is 14.0. The minimum atomic E-state index is 0.213. The molecule has 4 heteroatoms. The van der Waals surface area contributed by atoms with Crippen molar-refractivity contribution in [1.29, 1.82) is 0 Å². The Bertz CT molecular complexity index is 496. The molecule has 0 spiro atoms. The van der Waals surface area contributed by atoms with E-state index in [0.717, 1.165) is 32.7 Å². The van der Waals surface area contributed by atoms with Crippen molar-refractivity contribution >= 4 is 17.2 Å². The zero-order valence-corrected chi connectivity index (χ0v) is 14.5. The van der Waals surface area contributed by atoms with E-state index in [9.17, 15) is 0 Å². The van der Waals surface area contributed by atoms with Crippen molar-refractivity contribution in [1.82, 2.24) is 9.80 Å². The first-order chi connectivity index (χ1) is 9.88. The van der Waals surface area contributed by atoms with Crippen molar-refractivity contribution in [3.63, 3.8) is 0 Å². The standard InChI is InChI=1S/C17H27N3S/c1-12-9-13(2)16(14(3)10-12)11-19-5-7-20(8-6-19)15(4)17(18)21/h9-10,15H,5-8,11H2,1-4H3,(H2,18,21). The molecule has 1 atom stereocenters. The number of piperazine rings is 1. The lowest BCUT2D eigenvalue weighted by Gasteiger charge is -2.38. The second-order valence-corrected chi connectivity index (χ2v) is 6.74. The molecule has 0 radical (unpaired) electrons. The molecule has 1 saturated heterocycles. The lowest BCUT2D eigenvalue weighted by molar-refractivity contribution is 0.117. The molecule has 1 aliphatic rings. The SMILES string of the molecule is Cc1cc(C)c(CN2CCN(C(C)C(N)=S)CC2)c(C)c1. The molecule has 0 bridgehead atoms. The largest absolute Gasteiger partial charge is 0.392 e. The van der Waals surface area contributed by atoms with E-state index in [0.29, 0.717) is 4.99 Å². The quantitative estimate of drug-likeness (QED) is 0.866. The van der Waals surface area contributed by atoms with Crippen molar-refractivity contribution in [2.24, 2.45) is 5.73 Å². The number of hydrogen-bond acceptors (Lipinski definition) is 3. The fraction of sp³-hybridized carbons (Fsp3) is 0.588. The lowest BCUT2D eigenvalue weighted by Crippen LogP contribution is -2.52. The van der Waals surface area contributed by atoms with E-state index in [1.165, 1.54) is 22.3 Å². The van der Waals surface area contributed by atoms with Crippen LogP contribution >= 0.6 is 12.2 Å². The zero-order valence-electron chi connectivity index (χ0n) is 13.6. The van der Waals surface area contributed by atoms with Crippen LogP contribution in [-0.4, -0.2) is 47.0 Å². The van der Waals surface area contributed by atoms with Gasteiger partial charge < -0.3 is 5.73 Å². The Labute approximate surface area is 134 Å². The van der Waals surface area contributed by atoms with E-state index < -0.39 is 0 Å². The molecule has 1 aliphatic heterocycles. The maximum Gasteiger partial charge on any atom is 0.0899 e. The minimum Gasteiger partial charge on any atom is -0.392 e. The fourth-order valence-electron chi connectivity index (χ4n) is 3.17. The first-order valence-corrected chi connectivity index (χ1v) is 8.11. The highest BCUT2D eigenvalue weighted by atomic mass is 32.1. The maximum atomic E-state index is 5.76. The van der Waals surface area contributed by atoms with Crippen molar-refractivity contribution in [2.75, 3.05) is 26.2 Å². The third-order valence-electron chi connectivity index (χ3n) is 4.59. The summed E-state index contributed by atoms with van der Waals surface area (Å²) in [5, 5.41) is 0. The van der Waals surface area contributed by atoms with Crippen LogP contribution in [0.25, 0.3) is 0 Å². The van der Waals surface area contributed by atoms with E-state index in [4.69, 9.17) is 18.0 Å². The van der Waals surface area contributed by atoms with E-state index in [1.807, 2.05) is 0 Å². The molecule has 1 fully saturated rings. The van der Waals surface area contributed by atoms with Gasteiger partial charge in [0.05, 0.1) is 11.0 Å². The highest BCUT2D eigenvalue weighted by Gasteiger charge is 2.22.